The second-order valence-corrected chi connectivity index (χ2v) is 5.46. The van der Waals surface area contributed by atoms with Crippen molar-refractivity contribution in [2.24, 2.45) is 0 Å². The van der Waals surface area contributed by atoms with E-state index in [1.165, 1.54) is 0 Å². The lowest BCUT2D eigenvalue weighted by molar-refractivity contribution is 0.0594. The summed E-state index contributed by atoms with van der Waals surface area (Å²) in [6.07, 6.45) is 1.01. The van der Waals surface area contributed by atoms with Gasteiger partial charge in [-0.25, -0.2) is 0 Å². The Bertz CT molecular complexity index is 408. The van der Waals surface area contributed by atoms with E-state index in [9.17, 15) is 5.11 Å². The molecule has 1 unspecified atom stereocenters. The molecule has 0 aliphatic carbocycles. The minimum Gasteiger partial charge on any atom is -0.395 e. The summed E-state index contributed by atoms with van der Waals surface area (Å²) in [6.45, 7) is 12.5. The zero-order valence-electron chi connectivity index (χ0n) is 12.9. The summed E-state index contributed by atoms with van der Waals surface area (Å²) in [6, 6.07) is 0.318. The van der Waals surface area contributed by atoms with E-state index >= 15 is 0 Å². The fourth-order valence-electron chi connectivity index (χ4n) is 2.94. The van der Waals surface area contributed by atoms with Gasteiger partial charge < -0.3 is 9.67 Å². The van der Waals surface area contributed by atoms with Crippen LogP contribution in [0.1, 0.15) is 31.9 Å². The molecular formula is C14H27N5O. The Balaban J connectivity index is 1.88. The minimum absolute atomic E-state index is 0.264. The fraction of sp³-hybridized carbons (Fsp3) is 0.857. The van der Waals surface area contributed by atoms with Crippen LogP contribution in [0.3, 0.4) is 0 Å². The van der Waals surface area contributed by atoms with Crippen molar-refractivity contribution in [3.05, 3.63) is 11.6 Å². The van der Waals surface area contributed by atoms with Crippen molar-refractivity contribution in [2.75, 3.05) is 32.8 Å². The molecule has 0 bridgehead atoms. The Morgan fingerprint density at radius 1 is 1.15 bits per heavy atom. The summed E-state index contributed by atoms with van der Waals surface area (Å²) in [5.74, 6) is 2.06. The van der Waals surface area contributed by atoms with Gasteiger partial charge >= 0.3 is 0 Å². The predicted molar refractivity (Wildman–Crippen MR) is 78.4 cm³/mol. The lowest BCUT2D eigenvalue weighted by Gasteiger charge is -2.38. The van der Waals surface area contributed by atoms with E-state index in [2.05, 4.69) is 38.4 Å². The van der Waals surface area contributed by atoms with Crippen LogP contribution < -0.4 is 0 Å². The first-order valence-electron chi connectivity index (χ1n) is 7.65. The molecule has 1 aliphatic rings. The molecular weight excluding hydrogens is 254 g/mol. The molecule has 6 heteroatoms. The summed E-state index contributed by atoms with van der Waals surface area (Å²) in [5.41, 5.74) is 0. The molecule has 2 rings (SSSR count). The molecule has 20 heavy (non-hydrogen) atoms. The zero-order valence-corrected chi connectivity index (χ0v) is 12.9. The number of hydrogen-bond acceptors (Lipinski definition) is 5. The second-order valence-electron chi connectivity index (χ2n) is 5.46. The zero-order chi connectivity index (χ0) is 14.5. The number of aromatic nitrogens is 3. The third kappa shape index (κ3) is 3.37. The minimum atomic E-state index is 0.264. The molecule has 1 N–H and O–H groups in total. The molecule has 1 aromatic rings. The third-order valence-electron chi connectivity index (χ3n) is 4.30. The Kier molecular flexibility index (Phi) is 5.51. The van der Waals surface area contributed by atoms with Gasteiger partial charge in [0.15, 0.2) is 0 Å². The van der Waals surface area contributed by atoms with Crippen molar-refractivity contribution < 1.29 is 5.11 Å². The number of nitrogens with zero attached hydrogens (tertiary/aromatic N) is 5. The SMILES string of the molecule is CCC(CO)N1CCN(Cc2nnc(C)n2CC)CC1. The maximum Gasteiger partial charge on any atom is 0.147 e. The Morgan fingerprint density at radius 3 is 2.40 bits per heavy atom. The van der Waals surface area contributed by atoms with Crippen molar-refractivity contribution in [3.63, 3.8) is 0 Å². The maximum atomic E-state index is 9.37. The second kappa shape index (κ2) is 7.15. The Morgan fingerprint density at radius 2 is 1.85 bits per heavy atom. The number of piperazine rings is 1. The number of aliphatic hydroxyl groups excluding tert-OH is 1. The molecule has 114 valence electrons. The third-order valence-corrected chi connectivity index (χ3v) is 4.30. The number of rotatable bonds is 6. The molecule has 0 spiro atoms. The van der Waals surface area contributed by atoms with Gasteiger partial charge in [0, 0.05) is 38.8 Å². The van der Waals surface area contributed by atoms with E-state index < -0.39 is 0 Å². The topological polar surface area (TPSA) is 57.4 Å². The van der Waals surface area contributed by atoms with Crippen molar-refractivity contribution >= 4 is 0 Å². The highest BCUT2D eigenvalue weighted by molar-refractivity contribution is 4.94. The van der Waals surface area contributed by atoms with Crippen molar-refractivity contribution in [1.82, 2.24) is 24.6 Å². The van der Waals surface area contributed by atoms with Crippen molar-refractivity contribution in [2.45, 2.75) is 46.3 Å². The maximum absolute atomic E-state index is 9.37. The molecule has 0 aromatic carbocycles. The predicted octanol–water partition coefficient (Wildman–Crippen LogP) is 0.495. The van der Waals surface area contributed by atoms with Crippen molar-refractivity contribution in [3.8, 4) is 0 Å². The van der Waals surface area contributed by atoms with Crippen LogP contribution in [0.2, 0.25) is 0 Å². The number of aliphatic hydroxyl groups is 1. The molecule has 6 nitrogen and oxygen atoms in total. The van der Waals surface area contributed by atoms with E-state index in [4.69, 9.17) is 0 Å². The van der Waals surface area contributed by atoms with Gasteiger partial charge in [0.05, 0.1) is 13.2 Å². The highest BCUT2D eigenvalue weighted by Crippen LogP contribution is 2.12. The number of aryl methyl sites for hydroxylation is 1. The standard InChI is InChI=1S/C14H27N5O/c1-4-13(11-20)18-8-6-17(7-9-18)10-14-16-15-12(3)19(14)5-2/h13,20H,4-11H2,1-3H3. The first-order chi connectivity index (χ1) is 9.69. The van der Waals surface area contributed by atoms with Crippen LogP contribution in [0, 0.1) is 6.92 Å². The van der Waals surface area contributed by atoms with Gasteiger partial charge in [-0.2, -0.15) is 0 Å². The monoisotopic (exact) mass is 281 g/mol. The van der Waals surface area contributed by atoms with Crippen LogP contribution in [0.5, 0.6) is 0 Å². The highest BCUT2D eigenvalue weighted by Gasteiger charge is 2.23. The van der Waals surface area contributed by atoms with Gasteiger partial charge in [0.25, 0.3) is 0 Å². The van der Waals surface area contributed by atoms with E-state index in [1.54, 1.807) is 0 Å². The van der Waals surface area contributed by atoms with Crippen LogP contribution in [0.15, 0.2) is 0 Å². The first kappa shape index (κ1) is 15.4. The molecule has 0 saturated carbocycles. The summed E-state index contributed by atoms with van der Waals surface area (Å²) in [4.78, 5) is 4.82. The Labute approximate surface area is 121 Å². The molecule has 1 atom stereocenters. The molecule has 1 aromatic heterocycles. The van der Waals surface area contributed by atoms with Gasteiger partial charge in [-0.05, 0) is 20.3 Å². The normalized spacial score (nSPS) is 19.4. The lowest BCUT2D eigenvalue weighted by atomic mass is 10.1. The van der Waals surface area contributed by atoms with E-state index in [0.717, 1.165) is 57.3 Å². The van der Waals surface area contributed by atoms with Gasteiger partial charge in [-0.1, -0.05) is 6.92 Å². The van der Waals surface area contributed by atoms with Crippen LogP contribution >= 0.6 is 0 Å². The average molecular weight is 281 g/mol. The van der Waals surface area contributed by atoms with E-state index in [1.807, 2.05) is 6.92 Å². The summed E-state index contributed by atoms with van der Waals surface area (Å²) >= 11 is 0. The summed E-state index contributed by atoms with van der Waals surface area (Å²) in [7, 11) is 0. The number of hydrogen-bond donors (Lipinski definition) is 1. The smallest absolute Gasteiger partial charge is 0.147 e. The van der Waals surface area contributed by atoms with E-state index in [0.29, 0.717) is 6.04 Å². The van der Waals surface area contributed by atoms with Crippen LogP contribution in [0.4, 0.5) is 0 Å². The molecule has 1 aliphatic heterocycles. The molecule has 2 heterocycles. The largest absolute Gasteiger partial charge is 0.395 e. The highest BCUT2D eigenvalue weighted by atomic mass is 16.3. The Hall–Kier alpha value is -0.980. The molecule has 1 fully saturated rings. The summed E-state index contributed by atoms with van der Waals surface area (Å²) in [5, 5.41) is 17.8. The molecule has 0 radical (unpaired) electrons. The van der Waals surface area contributed by atoms with Gasteiger partial charge in [0.1, 0.15) is 11.6 Å². The van der Waals surface area contributed by atoms with Gasteiger partial charge in [-0.3, -0.25) is 9.80 Å². The summed E-state index contributed by atoms with van der Waals surface area (Å²) < 4.78 is 2.18. The molecule has 0 amide bonds. The van der Waals surface area contributed by atoms with Crippen molar-refractivity contribution in [1.29, 1.82) is 0 Å². The first-order valence-corrected chi connectivity index (χ1v) is 7.65. The van der Waals surface area contributed by atoms with Crippen LogP contribution in [0.25, 0.3) is 0 Å². The quantitative estimate of drug-likeness (QED) is 0.822. The average Bonchev–Trinajstić information content (AvgIpc) is 2.82. The van der Waals surface area contributed by atoms with Gasteiger partial charge in [-0.15, -0.1) is 10.2 Å². The van der Waals surface area contributed by atoms with Crippen LogP contribution in [-0.2, 0) is 13.1 Å². The van der Waals surface area contributed by atoms with Crippen LogP contribution in [-0.4, -0.2) is 68.5 Å². The van der Waals surface area contributed by atoms with Gasteiger partial charge in [0.2, 0.25) is 0 Å². The van der Waals surface area contributed by atoms with E-state index in [-0.39, 0.29) is 6.61 Å². The fourth-order valence-corrected chi connectivity index (χ4v) is 2.94. The molecule has 1 saturated heterocycles. The lowest BCUT2D eigenvalue weighted by Crippen LogP contribution is -2.51.